The number of nitrogens with zero attached hydrogens (tertiary/aromatic N) is 6. The number of hydrogen-bond acceptors (Lipinski definition) is 7. The Hall–Kier alpha value is -3.42. The van der Waals surface area contributed by atoms with Crippen LogP contribution in [0.3, 0.4) is 0 Å². The van der Waals surface area contributed by atoms with Crippen molar-refractivity contribution in [1.82, 2.24) is 25.2 Å². The van der Waals surface area contributed by atoms with Crippen LogP contribution in [0, 0.1) is 11.3 Å². The summed E-state index contributed by atoms with van der Waals surface area (Å²) in [6.07, 6.45) is 4.28. The second-order valence-corrected chi connectivity index (χ2v) is 10.5. The van der Waals surface area contributed by atoms with E-state index in [1.807, 2.05) is 32.0 Å². The number of hydrazine groups is 1. The van der Waals surface area contributed by atoms with Crippen molar-refractivity contribution in [3.8, 4) is 6.07 Å². The second kappa shape index (κ2) is 13.4. The number of carboxylic acid groups (broad SMARTS) is 1. The lowest BCUT2D eigenvalue weighted by Crippen LogP contribution is -2.48. The van der Waals surface area contributed by atoms with Crippen LogP contribution >= 0.6 is 11.6 Å². The Balaban J connectivity index is 1.71. The van der Waals surface area contributed by atoms with Crippen molar-refractivity contribution in [2.45, 2.75) is 78.0 Å². The molecule has 1 aliphatic rings. The number of carbonyl (C=O) groups excluding carboxylic acids is 1. The Morgan fingerprint density at radius 2 is 1.79 bits per heavy atom. The predicted molar refractivity (Wildman–Crippen MR) is 146 cm³/mol. The van der Waals surface area contributed by atoms with Crippen LogP contribution in [0.15, 0.2) is 30.5 Å². The molecular weight excluding hydrogens is 506 g/mol. The number of rotatable bonds is 11. The van der Waals surface area contributed by atoms with Gasteiger partial charge in [0, 0.05) is 37.3 Å². The summed E-state index contributed by atoms with van der Waals surface area (Å²) in [5, 5.41) is 20.6. The number of aromatic nitrogens is 2. The third-order valence-electron chi connectivity index (χ3n) is 6.79. The molecule has 0 radical (unpaired) electrons. The van der Waals surface area contributed by atoms with Crippen molar-refractivity contribution in [2.24, 2.45) is 0 Å². The molecule has 0 bridgehead atoms. The van der Waals surface area contributed by atoms with Crippen molar-refractivity contribution >= 4 is 29.4 Å². The molecular formula is C27H36ClN7O3. The zero-order valence-corrected chi connectivity index (χ0v) is 23.1. The summed E-state index contributed by atoms with van der Waals surface area (Å²) in [6, 6.07) is 9.44. The Labute approximate surface area is 229 Å². The van der Waals surface area contributed by atoms with Crippen molar-refractivity contribution in [3.05, 3.63) is 52.4 Å². The number of halogens is 1. The first-order valence-electron chi connectivity index (χ1n) is 13.0. The molecule has 2 amide bonds. The minimum absolute atomic E-state index is 0.0134. The van der Waals surface area contributed by atoms with E-state index < -0.39 is 6.09 Å². The van der Waals surface area contributed by atoms with Crippen molar-refractivity contribution in [1.29, 1.82) is 5.26 Å². The summed E-state index contributed by atoms with van der Waals surface area (Å²) in [4.78, 5) is 36.6. The molecule has 11 heteroatoms. The van der Waals surface area contributed by atoms with E-state index in [9.17, 15) is 20.0 Å². The van der Waals surface area contributed by atoms with E-state index in [2.05, 4.69) is 34.1 Å². The van der Waals surface area contributed by atoms with E-state index in [0.717, 1.165) is 31.2 Å². The quantitative estimate of drug-likeness (QED) is 0.392. The van der Waals surface area contributed by atoms with Gasteiger partial charge >= 0.3 is 6.09 Å². The molecule has 0 saturated heterocycles. The fraction of sp³-hybridized carbons (Fsp3) is 0.519. The fourth-order valence-corrected chi connectivity index (χ4v) is 4.74. The molecule has 1 fully saturated rings. The summed E-state index contributed by atoms with van der Waals surface area (Å²) >= 11 is 6.36. The summed E-state index contributed by atoms with van der Waals surface area (Å²) < 4.78 is 0. The van der Waals surface area contributed by atoms with Crippen molar-refractivity contribution < 1.29 is 14.7 Å². The molecule has 10 nitrogen and oxygen atoms in total. The zero-order valence-electron chi connectivity index (χ0n) is 22.4. The summed E-state index contributed by atoms with van der Waals surface area (Å²) in [7, 11) is 0. The maximum Gasteiger partial charge on any atom is 0.407 e. The highest BCUT2D eigenvalue weighted by Crippen LogP contribution is 2.30. The van der Waals surface area contributed by atoms with E-state index in [-0.39, 0.29) is 34.9 Å². The minimum atomic E-state index is -0.919. The van der Waals surface area contributed by atoms with Gasteiger partial charge in [-0.2, -0.15) is 10.2 Å². The largest absolute Gasteiger partial charge is 0.465 e. The van der Waals surface area contributed by atoms with Gasteiger partial charge in [0.15, 0.2) is 5.82 Å². The average molecular weight is 542 g/mol. The van der Waals surface area contributed by atoms with E-state index in [1.165, 1.54) is 11.1 Å². The fourth-order valence-electron chi connectivity index (χ4n) is 4.56. The van der Waals surface area contributed by atoms with Gasteiger partial charge in [-0.15, -0.1) is 0 Å². The molecule has 2 aromatic rings. The summed E-state index contributed by atoms with van der Waals surface area (Å²) in [5.41, 5.74) is 4.46. The Bertz CT molecular complexity index is 1140. The summed E-state index contributed by atoms with van der Waals surface area (Å²) in [5.74, 6) is 0.00595. The second-order valence-electron chi connectivity index (χ2n) is 10.1. The maximum absolute atomic E-state index is 13.2. The van der Waals surface area contributed by atoms with Gasteiger partial charge in [0.2, 0.25) is 5.82 Å². The van der Waals surface area contributed by atoms with Gasteiger partial charge in [0.1, 0.15) is 11.1 Å². The number of carbonyl (C=O) groups is 2. The number of hydrogen-bond donors (Lipinski definition) is 2. The van der Waals surface area contributed by atoms with Gasteiger partial charge in [0.25, 0.3) is 5.91 Å². The molecule has 0 aliphatic heterocycles. The predicted octanol–water partition coefficient (Wildman–Crippen LogP) is 4.69. The minimum Gasteiger partial charge on any atom is -0.465 e. The average Bonchev–Trinajstić information content (AvgIpc) is 3.41. The van der Waals surface area contributed by atoms with Crippen LogP contribution < -0.4 is 10.4 Å². The van der Waals surface area contributed by atoms with Gasteiger partial charge in [-0.05, 0) is 58.2 Å². The highest BCUT2D eigenvalue weighted by Gasteiger charge is 2.28. The molecule has 1 aliphatic carbocycles. The van der Waals surface area contributed by atoms with Crippen LogP contribution in [0.2, 0.25) is 5.02 Å². The van der Waals surface area contributed by atoms with Crippen LogP contribution in [-0.2, 0) is 6.54 Å². The Morgan fingerprint density at radius 1 is 1.13 bits per heavy atom. The van der Waals surface area contributed by atoms with Crippen molar-refractivity contribution in [2.75, 3.05) is 18.1 Å². The lowest BCUT2D eigenvalue weighted by molar-refractivity contribution is 0.0943. The molecule has 1 aromatic heterocycles. The SMILES string of the molecule is CC(C)N(CCN(C(=O)O)C(C)C)Cc1ccc(C(=O)NN(c2nc(C#N)ncc2Cl)C2CCCC2)cc1. The first kappa shape index (κ1) is 29.1. The van der Waals surface area contributed by atoms with Crippen LogP contribution in [0.1, 0.15) is 75.1 Å². The van der Waals surface area contributed by atoms with Gasteiger partial charge < -0.3 is 10.0 Å². The highest BCUT2D eigenvalue weighted by molar-refractivity contribution is 6.32. The van der Waals surface area contributed by atoms with E-state index in [1.54, 1.807) is 17.1 Å². The Morgan fingerprint density at radius 3 is 2.34 bits per heavy atom. The lowest BCUT2D eigenvalue weighted by Gasteiger charge is -2.31. The number of amides is 2. The van der Waals surface area contributed by atoms with E-state index in [4.69, 9.17) is 11.6 Å². The number of nitrogens with one attached hydrogen (secondary N) is 1. The number of anilines is 1. The molecule has 1 aromatic carbocycles. The van der Waals surface area contributed by atoms with Crippen LogP contribution in [-0.4, -0.2) is 68.1 Å². The number of nitriles is 1. The topological polar surface area (TPSA) is 126 Å². The van der Waals surface area contributed by atoms with E-state index >= 15 is 0 Å². The first-order valence-corrected chi connectivity index (χ1v) is 13.3. The van der Waals surface area contributed by atoms with Crippen LogP contribution in [0.25, 0.3) is 0 Å². The molecule has 38 heavy (non-hydrogen) atoms. The third-order valence-corrected chi connectivity index (χ3v) is 7.06. The molecule has 3 rings (SSSR count). The van der Waals surface area contributed by atoms with Gasteiger partial charge in [-0.3, -0.25) is 20.1 Å². The third kappa shape index (κ3) is 7.55. The standard InChI is InChI=1S/C27H36ClN7O3/c1-18(2)33(13-14-34(19(3)4)27(37)38)17-20-9-11-21(12-10-20)26(36)32-35(22-7-5-6-8-22)25-23(28)16-30-24(15-29)31-25/h9-12,16,18-19,22H,5-8,13-14,17H2,1-4H3,(H,32,36)(H,37,38). The van der Waals surface area contributed by atoms with Crippen LogP contribution in [0.4, 0.5) is 10.6 Å². The molecule has 1 heterocycles. The van der Waals surface area contributed by atoms with Gasteiger partial charge in [-0.25, -0.2) is 9.78 Å². The Kier molecular flexibility index (Phi) is 10.3. The van der Waals surface area contributed by atoms with E-state index in [0.29, 0.717) is 31.0 Å². The van der Waals surface area contributed by atoms with Crippen molar-refractivity contribution in [3.63, 3.8) is 0 Å². The monoisotopic (exact) mass is 541 g/mol. The molecule has 1 saturated carbocycles. The van der Waals surface area contributed by atoms with Gasteiger partial charge in [0.05, 0.1) is 12.2 Å². The smallest absolute Gasteiger partial charge is 0.407 e. The highest BCUT2D eigenvalue weighted by atomic mass is 35.5. The molecule has 2 N–H and O–H groups in total. The maximum atomic E-state index is 13.2. The number of benzene rings is 1. The lowest BCUT2D eigenvalue weighted by atomic mass is 10.1. The molecule has 0 atom stereocenters. The zero-order chi connectivity index (χ0) is 27.8. The first-order chi connectivity index (χ1) is 18.1. The summed E-state index contributed by atoms with van der Waals surface area (Å²) in [6.45, 7) is 9.55. The normalized spacial score (nSPS) is 13.7. The molecule has 0 spiro atoms. The van der Waals surface area contributed by atoms with Crippen LogP contribution in [0.5, 0.6) is 0 Å². The molecule has 204 valence electrons. The van der Waals surface area contributed by atoms with Gasteiger partial charge in [-0.1, -0.05) is 36.6 Å². The molecule has 0 unspecified atom stereocenters.